The summed E-state index contributed by atoms with van der Waals surface area (Å²) in [4.78, 5) is 24.1. The van der Waals surface area contributed by atoms with Crippen LogP contribution in [-0.4, -0.2) is 30.0 Å². The van der Waals surface area contributed by atoms with Gasteiger partial charge in [0.15, 0.2) is 12.4 Å². The van der Waals surface area contributed by atoms with Crippen molar-refractivity contribution >= 4 is 11.8 Å². The third-order valence-corrected chi connectivity index (χ3v) is 1.82. The molecule has 0 saturated heterocycles. The van der Waals surface area contributed by atoms with Gasteiger partial charge in [-0.15, -0.1) is 0 Å². The summed E-state index contributed by atoms with van der Waals surface area (Å²) in [5.74, 6) is -1.03. The van der Waals surface area contributed by atoms with Crippen LogP contribution < -0.4 is 4.74 Å². The molecule has 7 heteroatoms. The smallest absolute Gasteiger partial charge is 0.341 e. The van der Waals surface area contributed by atoms with Gasteiger partial charge in [-0.05, 0) is 29.8 Å². The number of carboxylic acid groups (broad SMARTS) is 1. The quantitative estimate of drug-likeness (QED) is 0.349. The summed E-state index contributed by atoms with van der Waals surface area (Å²) in [5.41, 5.74) is 8.43. The van der Waals surface area contributed by atoms with Gasteiger partial charge < -0.3 is 9.84 Å². The van der Waals surface area contributed by atoms with Crippen molar-refractivity contribution in [2.24, 2.45) is 5.11 Å². The lowest BCUT2D eigenvalue weighted by atomic mass is 10.1. The van der Waals surface area contributed by atoms with Gasteiger partial charge in [0, 0.05) is 10.5 Å². The molecule has 0 unspecified atom stereocenters. The molecule has 0 saturated carbocycles. The number of nitrogens with zero attached hydrogens (tertiary/aromatic N) is 3. The Balaban J connectivity index is 2.64. The summed E-state index contributed by atoms with van der Waals surface area (Å²) in [6.45, 7) is -0.683. The number of Topliss-reactive ketones (excluding diaryl/α,β-unsaturated/α-hetero) is 1. The second kappa shape index (κ2) is 6.14. The lowest BCUT2D eigenvalue weighted by Gasteiger charge is -2.03. The zero-order valence-corrected chi connectivity index (χ0v) is 8.74. The molecule has 1 aromatic carbocycles. The van der Waals surface area contributed by atoms with E-state index in [1.807, 2.05) is 0 Å². The number of ketones is 1. The van der Waals surface area contributed by atoms with E-state index in [1.54, 1.807) is 0 Å². The molecule has 17 heavy (non-hydrogen) atoms. The average molecular weight is 235 g/mol. The van der Waals surface area contributed by atoms with Crippen molar-refractivity contribution < 1.29 is 19.4 Å². The number of carbonyl (C=O) groups excluding carboxylic acids is 1. The van der Waals surface area contributed by atoms with E-state index >= 15 is 0 Å². The molecule has 0 fully saturated rings. The van der Waals surface area contributed by atoms with Crippen LogP contribution in [0, 0.1) is 0 Å². The minimum Gasteiger partial charge on any atom is -0.482 e. The van der Waals surface area contributed by atoms with Gasteiger partial charge in [0.25, 0.3) is 0 Å². The summed E-state index contributed by atoms with van der Waals surface area (Å²) in [5, 5.41) is 11.5. The molecular weight excluding hydrogens is 226 g/mol. The second-order valence-electron chi connectivity index (χ2n) is 3.02. The first-order valence-electron chi connectivity index (χ1n) is 4.62. The highest BCUT2D eigenvalue weighted by Crippen LogP contribution is 2.12. The number of aliphatic carboxylic acids is 1. The first-order valence-corrected chi connectivity index (χ1v) is 4.62. The predicted molar refractivity (Wildman–Crippen MR) is 57.9 cm³/mol. The van der Waals surface area contributed by atoms with Gasteiger partial charge in [-0.1, -0.05) is 5.11 Å². The van der Waals surface area contributed by atoms with E-state index in [-0.39, 0.29) is 12.3 Å². The van der Waals surface area contributed by atoms with Crippen LogP contribution in [-0.2, 0) is 4.79 Å². The van der Waals surface area contributed by atoms with Crippen LogP contribution in [0.3, 0.4) is 0 Å². The Bertz CT molecular complexity index is 463. The van der Waals surface area contributed by atoms with Crippen molar-refractivity contribution in [3.05, 3.63) is 40.3 Å². The van der Waals surface area contributed by atoms with E-state index < -0.39 is 12.6 Å². The van der Waals surface area contributed by atoms with Crippen molar-refractivity contribution in [1.29, 1.82) is 0 Å². The topological polar surface area (TPSA) is 112 Å². The van der Waals surface area contributed by atoms with Gasteiger partial charge in [-0.25, -0.2) is 4.79 Å². The fourth-order valence-corrected chi connectivity index (χ4v) is 1.07. The van der Waals surface area contributed by atoms with Crippen LogP contribution in [0.2, 0.25) is 0 Å². The van der Waals surface area contributed by atoms with Crippen molar-refractivity contribution in [1.82, 2.24) is 0 Å². The average Bonchev–Trinajstić information content (AvgIpc) is 2.34. The molecule has 0 aliphatic heterocycles. The molecule has 0 aliphatic rings. The van der Waals surface area contributed by atoms with Crippen LogP contribution >= 0.6 is 0 Å². The number of ether oxygens (including phenoxy) is 1. The molecule has 0 aromatic heterocycles. The van der Waals surface area contributed by atoms with Gasteiger partial charge in [0.1, 0.15) is 5.75 Å². The van der Waals surface area contributed by atoms with Gasteiger partial charge in [0.2, 0.25) is 0 Å². The fourth-order valence-electron chi connectivity index (χ4n) is 1.07. The van der Waals surface area contributed by atoms with Crippen LogP contribution in [0.25, 0.3) is 10.4 Å². The first-order chi connectivity index (χ1) is 8.13. The summed E-state index contributed by atoms with van der Waals surface area (Å²) < 4.78 is 4.89. The summed E-state index contributed by atoms with van der Waals surface area (Å²) in [7, 11) is 0. The molecule has 0 aliphatic carbocycles. The highest BCUT2D eigenvalue weighted by molar-refractivity contribution is 5.97. The van der Waals surface area contributed by atoms with Crippen molar-refractivity contribution in [2.75, 3.05) is 13.2 Å². The third kappa shape index (κ3) is 4.23. The molecular formula is C10H9N3O4. The number of rotatable bonds is 6. The van der Waals surface area contributed by atoms with Gasteiger partial charge in [0.05, 0.1) is 6.54 Å². The summed E-state index contributed by atoms with van der Waals surface area (Å²) in [6, 6.07) is 5.91. The maximum absolute atomic E-state index is 11.4. The van der Waals surface area contributed by atoms with E-state index in [1.165, 1.54) is 24.3 Å². The lowest BCUT2D eigenvalue weighted by Crippen LogP contribution is -2.09. The number of carboxylic acids is 1. The van der Waals surface area contributed by atoms with E-state index in [9.17, 15) is 9.59 Å². The van der Waals surface area contributed by atoms with Crippen LogP contribution in [0.15, 0.2) is 29.4 Å². The minimum absolute atomic E-state index is 0.244. The molecule has 0 spiro atoms. The summed E-state index contributed by atoms with van der Waals surface area (Å²) >= 11 is 0. The largest absolute Gasteiger partial charge is 0.482 e. The van der Waals surface area contributed by atoms with Crippen LogP contribution in [0.5, 0.6) is 5.75 Å². The molecule has 1 rings (SSSR count). The van der Waals surface area contributed by atoms with Crippen molar-refractivity contribution in [3.63, 3.8) is 0 Å². The zero-order valence-electron chi connectivity index (χ0n) is 8.74. The Hall–Kier alpha value is -2.53. The maximum Gasteiger partial charge on any atom is 0.341 e. The molecule has 0 radical (unpaired) electrons. The number of hydrogen-bond acceptors (Lipinski definition) is 4. The van der Waals surface area contributed by atoms with Gasteiger partial charge in [-0.3, -0.25) is 4.79 Å². The maximum atomic E-state index is 11.4. The SMILES string of the molecule is [N-]=[N+]=NCC(=O)c1ccc(OCC(=O)O)cc1. The minimum atomic E-state index is -1.08. The van der Waals surface area contributed by atoms with E-state index in [2.05, 4.69) is 10.0 Å². The first kappa shape index (κ1) is 12.5. The Morgan fingerprint density at radius 3 is 2.53 bits per heavy atom. The zero-order chi connectivity index (χ0) is 12.7. The van der Waals surface area contributed by atoms with Crippen molar-refractivity contribution in [2.45, 2.75) is 0 Å². The number of hydrogen-bond donors (Lipinski definition) is 1. The van der Waals surface area contributed by atoms with Gasteiger partial charge in [-0.2, -0.15) is 0 Å². The van der Waals surface area contributed by atoms with Crippen LogP contribution in [0.4, 0.5) is 0 Å². The number of carbonyl (C=O) groups is 2. The molecule has 1 aromatic rings. The van der Waals surface area contributed by atoms with Crippen molar-refractivity contribution in [3.8, 4) is 5.75 Å². The molecule has 0 amide bonds. The molecule has 7 nitrogen and oxygen atoms in total. The standard InChI is InChI=1S/C10H9N3O4/c11-13-12-5-9(14)7-1-3-8(4-2-7)17-6-10(15)16/h1-4H,5-6H2,(H,15,16). The Morgan fingerprint density at radius 2 is 2.00 bits per heavy atom. The van der Waals surface area contributed by atoms with E-state index in [4.69, 9.17) is 15.4 Å². The molecule has 0 atom stereocenters. The molecule has 1 N–H and O–H groups in total. The molecule has 0 bridgehead atoms. The third-order valence-electron chi connectivity index (χ3n) is 1.82. The van der Waals surface area contributed by atoms with Gasteiger partial charge >= 0.3 is 5.97 Å². The lowest BCUT2D eigenvalue weighted by molar-refractivity contribution is -0.139. The Morgan fingerprint density at radius 1 is 1.35 bits per heavy atom. The normalized spacial score (nSPS) is 9.18. The number of azide groups is 1. The predicted octanol–water partition coefficient (Wildman–Crippen LogP) is 1.64. The van der Waals surface area contributed by atoms with Crippen LogP contribution in [0.1, 0.15) is 10.4 Å². The van der Waals surface area contributed by atoms with E-state index in [0.717, 1.165) is 0 Å². The fraction of sp³-hybridized carbons (Fsp3) is 0.200. The molecule has 88 valence electrons. The molecule has 0 heterocycles. The Labute approximate surface area is 96.3 Å². The second-order valence-corrected chi connectivity index (χ2v) is 3.02. The monoisotopic (exact) mass is 235 g/mol. The highest BCUT2D eigenvalue weighted by Gasteiger charge is 2.05. The number of benzene rings is 1. The highest BCUT2D eigenvalue weighted by atomic mass is 16.5. The van der Waals surface area contributed by atoms with E-state index in [0.29, 0.717) is 11.3 Å². The summed E-state index contributed by atoms with van der Waals surface area (Å²) in [6.07, 6.45) is 0. The Kier molecular flexibility index (Phi) is 4.53.